The Morgan fingerprint density at radius 2 is 2.21 bits per heavy atom. The molecule has 7 heteroatoms. The van der Waals surface area contributed by atoms with Crippen LogP contribution in [0.3, 0.4) is 0 Å². The summed E-state index contributed by atoms with van der Waals surface area (Å²) in [7, 11) is 0. The third-order valence-corrected chi connectivity index (χ3v) is 3.22. The highest BCUT2D eigenvalue weighted by Gasteiger charge is 2.30. The van der Waals surface area contributed by atoms with E-state index in [1.807, 2.05) is 6.92 Å². The number of benzene rings is 1. The lowest BCUT2D eigenvalue weighted by atomic mass is 9.86. The number of nitro benzene ring substituents is 1. The van der Waals surface area contributed by atoms with Crippen molar-refractivity contribution in [3.63, 3.8) is 0 Å². The zero-order valence-electron chi connectivity index (χ0n) is 10.8. The normalized spacial score (nSPS) is 13.6. The third-order valence-electron chi connectivity index (χ3n) is 3.22. The average Bonchev–Trinajstić information content (AvgIpc) is 2.39. The Kier molecular flexibility index (Phi) is 4.44. The number of nitrogens with two attached hydrogens (primary N) is 1. The van der Waals surface area contributed by atoms with Gasteiger partial charge in [-0.3, -0.25) is 14.9 Å². The number of rotatable bonds is 5. The van der Waals surface area contributed by atoms with E-state index in [9.17, 15) is 20.0 Å². The summed E-state index contributed by atoms with van der Waals surface area (Å²) in [6, 6.07) is 3.49. The molecule has 0 aromatic heterocycles. The first-order valence-electron chi connectivity index (χ1n) is 5.83. The number of amides is 1. The summed E-state index contributed by atoms with van der Waals surface area (Å²) in [4.78, 5) is 21.9. The minimum atomic E-state index is -0.742. The predicted octanol–water partition coefficient (Wildman–Crippen LogP) is 1.61. The van der Waals surface area contributed by atoms with Gasteiger partial charge in [0.05, 0.1) is 22.1 Å². The second kappa shape index (κ2) is 5.66. The van der Waals surface area contributed by atoms with Crippen LogP contribution in [0.25, 0.3) is 0 Å². The topological polar surface area (TPSA) is 118 Å². The highest BCUT2D eigenvalue weighted by molar-refractivity contribution is 5.96. The van der Waals surface area contributed by atoms with Crippen LogP contribution in [-0.4, -0.2) is 22.5 Å². The van der Waals surface area contributed by atoms with Crippen molar-refractivity contribution in [2.75, 3.05) is 11.9 Å². The number of phenols is 1. The summed E-state index contributed by atoms with van der Waals surface area (Å²) in [6.07, 6.45) is 0.545. The highest BCUT2D eigenvalue weighted by atomic mass is 16.6. The smallest absolute Gasteiger partial charge is 0.273 e. The van der Waals surface area contributed by atoms with E-state index in [1.54, 1.807) is 6.92 Å². The Hall–Kier alpha value is -2.15. The number of hydrogen-bond acceptors (Lipinski definition) is 5. The van der Waals surface area contributed by atoms with Gasteiger partial charge in [-0.2, -0.15) is 0 Å². The van der Waals surface area contributed by atoms with Crippen LogP contribution in [0.2, 0.25) is 0 Å². The average molecular weight is 267 g/mol. The summed E-state index contributed by atoms with van der Waals surface area (Å²) in [5.74, 6) is -0.681. The zero-order valence-corrected chi connectivity index (χ0v) is 10.8. The molecule has 0 fully saturated rings. The first kappa shape index (κ1) is 14.9. The molecule has 4 N–H and O–H groups in total. The Bertz CT molecular complexity index is 498. The SMILES string of the molecule is CCC(C)(CN)C(=O)Nc1ccc([N+](=O)[O-])cc1O. The molecule has 0 heterocycles. The van der Waals surface area contributed by atoms with Crippen molar-refractivity contribution in [1.29, 1.82) is 0 Å². The van der Waals surface area contributed by atoms with Crippen molar-refractivity contribution in [2.45, 2.75) is 20.3 Å². The first-order chi connectivity index (χ1) is 8.84. The second-order valence-corrected chi connectivity index (χ2v) is 4.53. The molecular formula is C12H17N3O4. The number of anilines is 1. The molecule has 19 heavy (non-hydrogen) atoms. The van der Waals surface area contributed by atoms with E-state index in [-0.39, 0.29) is 29.6 Å². The van der Waals surface area contributed by atoms with Gasteiger partial charge in [-0.15, -0.1) is 0 Å². The molecule has 1 amide bonds. The maximum Gasteiger partial charge on any atom is 0.273 e. The molecule has 0 aliphatic carbocycles. The number of carbonyl (C=O) groups excluding carboxylic acids is 1. The van der Waals surface area contributed by atoms with Gasteiger partial charge in [-0.05, 0) is 19.4 Å². The van der Waals surface area contributed by atoms with Gasteiger partial charge >= 0.3 is 0 Å². The minimum absolute atomic E-state index is 0.128. The molecule has 0 saturated heterocycles. The lowest BCUT2D eigenvalue weighted by Crippen LogP contribution is -2.39. The summed E-state index contributed by atoms with van der Waals surface area (Å²) in [6.45, 7) is 3.72. The van der Waals surface area contributed by atoms with Gasteiger partial charge in [-0.1, -0.05) is 6.92 Å². The molecule has 1 unspecified atom stereocenters. The van der Waals surface area contributed by atoms with Crippen molar-refractivity contribution >= 4 is 17.3 Å². The fourth-order valence-electron chi connectivity index (χ4n) is 1.41. The summed E-state index contributed by atoms with van der Waals surface area (Å²) in [5, 5.41) is 22.7. The van der Waals surface area contributed by atoms with Gasteiger partial charge in [0.1, 0.15) is 5.75 Å². The maximum atomic E-state index is 12.0. The first-order valence-corrected chi connectivity index (χ1v) is 5.83. The molecule has 104 valence electrons. The molecule has 7 nitrogen and oxygen atoms in total. The van der Waals surface area contributed by atoms with Crippen LogP contribution in [-0.2, 0) is 4.79 Å². The molecule has 0 radical (unpaired) electrons. The van der Waals surface area contributed by atoms with Crippen LogP contribution >= 0.6 is 0 Å². The van der Waals surface area contributed by atoms with Crippen molar-refractivity contribution in [3.8, 4) is 5.75 Å². The van der Waals surface area contributed by atoms with Crippen molar-refractivity contribution in [3.05, 3.63) is 28.3 Å². The van der Waals surface area contributed by atoms with Crippen molar-refractivity contribution < 1.29 is 14.8 Å². The fraction of sp³-hybridized carbons (Fsp3) is 0.417. The highest BCUT2D eigenvalue weighted by Crippen LogP contribution is 2.30. The number of nitro groups is 1. The zero-order chi connectivity index (χ0) is 14.6. The quantitative estimate of drug-likeness (QED) is 0.425. The van der Waals surface area contributed by atoms with Crippen molar-refractivity contribution in [2.24, 2.45) is 11.1 Å². The molecule has 0 aliphatic rings. The third kappa shape index (κ3) is 3.19. The Labute approximate surface area is 110 Å². The van der Waals surface area contributed by atoms with Gasteiger partial charge in [-0.25, -0.2) is 0 Å². The number of aromatic hydroxyl groups is 1. The van der Waals surface area contributed by atoms with E-state index < -0.39 is 10.3 Å². The molecule has 0 spiro atoms. The summed E-state index contributed by atoms with van der Waals surface area (Å²) in [5.41, 5.74) is 4.70. The van der Waals surface area contributed by atoms with E-state index in [1.165, 1.54) is 12.1 Å². The standard InChI is InChI=1S/C12H17N3O4/c1-3-12(2,7-13)11(17)14-9-5-4-8(15(18)19)6-10(9)16/h4-6,16H,3,7,13H2,1-2H3,(H,14,17). The van der Waals surface area contributed by atoms with Crippen LogP contribution in [0.15, 0.2) is 18.2 Å². The lowest BCUT2D eigenvalue weighted by Gasteiger charge is -2.25. The molecule has 1 aromatic rings. The van der Waals surface area contributed by atoms with E-state index in [4.69, 9.17) is 5.73 Å². The Morgan fingerprint density at radius 1 is 1.58 bits per heavy atom. The van der Waals surface area contributed by atoms with Gasteiger partial charge in [0.15, 0.2) is 0 Å². The number of hydrogen-bond donors (Lipinski definition) is 3. The number of non-ortho nitro benzene ring substituents is 1. The van der Waals surface area contributed by atoms with Crippen LogP contribution in [0.5, 0.6) is 5.75 Å². The number of carbonyl (C=O) groups is 1. The molecular weight excluding hydrogens is 250 g/mol. The monoisotopic (exact) mass is 267 g/mol. The van der Waals surface area contributed by atoms with E-state index in [0.29, 0.717) is 6.42 Å². The Morgan fingerprint density at radius 3 is 2.63 bits per heavy atom. The molecule has 1 aromatic carbocycles. The number of nitrogens with zero attached hydrogens (tertiary/aromatic N) is 1. The van der Waals surface area contributed by atoms with Crippen LogP contribution < -0.4 is 11.1 Å². The van der Waals surface area contributed by atoms with Crippen molar-refractivity contribution in [1.82, 2.24) is 0 Å². The largest absolute Gasteiger partial charge is 0.506 e. The van der Waals surface area contributed by atoms with Gasteiger partial charge < -0.3 is 16.2 Å². The van der Waals surface area contributed by atoms with Gasteiger partial charge in [0, 0.05) is 12.6 Å². The summed E-state index contributed by atoms with van der Waals surface area (Å²) < 4.78 is 0. The number of phenolic OH excluding ortho intramolecular Hbond substituents is 1. The van der Waals surface area contributed by atoms with Gasteiger partial charge in [0.25, 0.3) is 5.69 Å². The second-order valence-electron chi connectivity index (χ2n) is 4.53. The van der Waals surface area contributed by atoms with E-state index >= 15 is 0 Å². The van der Waals surface area contributed by atoms with Crippen LogP contribution in [0.4, 0.5) is 11.4 Å². The molecule has 0 bridgehead atoms. The fourth-order valence-corrected chi connectivity index (χ4v) is 1.41. The maximum absolute atomic E-state index is 12.0. The molecule has 0 aliphatic heterocycles. The molecule has 1 atom stereocenters. The predicted molar refractivity (Wildman–Crippen MR) is 70.8 cm³/mol. The molecule has 1 rings (SSSR count). The van der Waals surface area contributed by atoms with E-state index in [2.05, 4.69) is 5.32 Å². The van der Waals surface area contributed by atoms with Crippen LogP contribution in [0, 0.1) is 15.5 Å². The van der Waals surface area contributed by atoms with Crippen LogP contribution in [0.1, 0.15) is 20.3 Å². The summed E-state index contributed by atoms with van der Waals surface area (Å²) >= 11 is 0. The Balaban J connectivity index is 2.95. The van der Waals surface area contributed by atoms with Gasteiger partial charge in [0.2, 0.25) is 5.91 Å². The minimum Gasteiger partial charge on any atom is -0.506 e. The van der Waals surface area contributed by atoms with E-state index in [0.717, 1.165) is 6.07 Å². The molecule has 0 saturated carbocycles. The lowest BCUT2D eigenvalue weighted by molar-refractivity contribution is -0.384. The number of nitrogens with one attached hydrogen (secondary N) is 1.